The van der Waals surface area contributed by atoms with E-state index in [1.165, 1.54) is 0 Å². The van der Waals surface area contributed by atoms with Crippen LogP contribution in [0.1, 0.15) is 26.2 Å². The molecule has 1 aromatic heterocycles. The highest BCUT2D eigenvalue weighted by Crippen LogP contribution is 2.31. The lowest BCUT2D eigenvalue weighted by Gasteiger charge is -2.49. The van der Waals surface area contributed by atoms with Crippen molar-refractivity contribution in [3.05, 3.63) is 24.4 Å². The molecular formula is C18H28N4O2. The summed E-state index contributed by atoms with van der Waals surface area (Å²) in [6.45, 7) is 8.20. The molecule has 0 radical (unpaired) electrons. The minimum Gasteiger partial charge on any atom is -0.381 e. The molecule has 2 aliphatic rings. The summed E-state index contributed by atoms with van der Waals surface area (Å²) in [5.74, 6) is 0.889. The first-order chi connectivity index (χ1) is 11.7. The molecule has 2 saturated heterocycles. The molecule has 0 unspecified atom stereocenters. The van der Waals surface area contributed by atoms with Crippen LogP contribution in [0.3, 0.4) is 0 Å². The number of aromatic nitrogens is 1. The summed E-state index contributed by atoms with van der Waals surface area (Å²) in [5, 5.41) is 3.42. The molecule has 0 spiro atoms. The Balaban J connectivity index is 1.86. The molecule has 0 aromatic carbocycles. The number of rotatable bonds is 5. The number of anilines is 1. The van der Waals surface area contributed by atoms with Gasteiger partial charge in [0.1, 0.15) is 5.82 Å². The Morgan fingerprint density at radius 2 is 2.08 bits per heavy atom. The molecule has 3 heterocycles. The number of piperazine rings is 1. The van der Waals surface area contributed by atoms with Crippen LogP contribution >= 0.6 is 0 Å². The van der Waals surface area contributed by atoms with Crippen LogP contribution in [0.4, 0.5) is 5.82 Å². The van der Waals surface area contributed by atoms with E-state index in [9.17, 15) is 4.79 Å². The van der Waals surface area contributed by atoms with Gasteiger partial charge in [-0.2, -0.15) is 0 Å². The fourth-order valence-electron chi connectivity index (χ4n) is 3.76. The van der Waals surface area contributed by atoms with Gasteiger partial charge in [-0.1, -0.05) is 13.0 Å². The Morgan fingerprint density at radius 1 is 1.33 bits per heavy atom. The first kappa shape index (κ1) is 17.3. The average Bonchev–Trinajstić information content (AvgIpc) is 2.68. The van der Waals surface area contributed by atoms with Crippen molar-refractivity contribution < 1.29 is 9.53 Å². The van der Waals surface area contributed by atoms with E-state index in [1.54, 1.807) is 6.20 Å². The zero-order valence-electron chi connectivity index (χ0n) is 14.5. The van der Waals surface area contributed by atoms with Crippen LogP contribution in [0.15, 0.2) is 24.4 Å². The Hall–Kier alpha value is -1.50. The number of hydrogen-bond donors (Lipinski definition) is 1. The van der Waals surface area contributed by atoms with Crippen molar-refractivity contribution in [2.24, 2.45) is 0 Å². The van der Waals surface area contributed by atoms with Crippen molar-refractivity contribution >= 4 is 11.7 Å². The molecule has 2 fully saturated rings. The van der Waals surface area contributed by atoms with Gasteiger partial charge >= 0.3 is 0 Å². The SMILES string of the molecule is CCC(=O)N(CC1(N2CCNCC2)CCOCC1)c1ccccn1. The number of carbonyl (C=O) groups excluding carboxylic acids is 1. The van der Waals surface area contributed by atoms with Gasteiger partial charge in [0.15, 0.2) is 0 Å². The third-order valence-electron chi connectivity index (χ3n) is 5.19. The quantitative estimate of drug-likeness (QED) is 0.880. The number of amides is 1. The molecule has 0 bridgehead atoms. The standard InChI is InChI=1S/C18H28N4O2/c1-2-17(23)22(16-5-3-4-8-20-16)15-18(6-13-24-14-7-18)21-11-9-19-10-12-21/h3-5,8,19H,2,6-7,9-15H2,1H3. The number of ether oxygens (including phenoxy) is 1. The molecule has 6 heteroatoms. The molecule has 1 amide bonds. The van der Waals surface area contributed by atoms with Gasteiger partial charge < -0.3 is 10.1 Å². The number of nitrogens with zero attached hydrogens (tertiary/aromatic N) is 3. The summed E-state index contributed by atoms with van der Waals surface area (Å²) >= 11 is 0. The monoisotopic (exact) mass is 332 g/mol. The predicted molar refractivity (Wildman–Crippen MR) is 94.1 cm³/mol. The topological polar surface area (TPSA) is 57.7 Å². The van der Waals surface area contributed by atoms with E-state index in [-0.39, 0.29) is 11.4 Å². The van der Waals surface area contributed by atoms with Crippen molar-refractivity contribution in [3.63, 3.8) is 0 Å². The normalized spacial score (nSPS) is 21.4. The molecule has 132 valence electrons. The van der Waals surface area contributed by atoms with Crippen LogP contribution in [-0.4, -0.2) is 67.3 Å². The smallest absolute Gasteiger partial charge is 0.227 e. The second kappa shape index (κ2) is 8.05. The molecular weight excluding hydrogens is 304 g/mol. The van der Waals surface area contributed by atoms with Crippen LogP contribution in [-0.2, 0) is 9.53 Å². The Bertz CT molecular complexity index is 525. The van der Waals surface area contributed by atoms with Crippen molar-refractivity contribution in [2.45, 2.75) is 31.7 Å². The largest absolute Gasteiger partial charge is 0.381 e. The van der Waals surface area contributed by atoms with Crippen molar-refractivity contribution in [3.8, 4) is 0 Å². The third-order valence-corrected chi connectivity index (χ3v) is 5.19. The highest BCUT2D eigenvalue weighted by molar-refractivity contribution is 5.92. The Kier molecular flexibility index (Phi) is 5.81. The Morgan fingerprint density at radius 3 is 2.71 bits per heavy atom. The zero-order chi connectivity index (χ0) is 16.8. The Labute approximate surface area is 144 Å². The third kappa shape index (κ3) is 3.77. The predicted octanol–water partition coefficient (Wildman–Crippen LogP) is 1.28. The van der Waals surface area contributed by atoms with E-state index >= 15 is 0 Å². The minimum absolute atomic E-state index is 0.0112. The summed E-state index contributed by atoms with van der Waals surface area (Å²) in [4.78, 5) is 21.5. The van der Waals surface area contributed by atoms with Gasteiger partial charge in [-0.15, -0.1) is 0 Å². The fourth-order valence-corrected chi connectivity index (χ4v) is 3.76. The molecule has 3 rings (SSSR count). The van der Waals surface area contributed by atoms with Gasteiger partial charge in [0.05, 0.1) is 0 Å². The van der Waals surface area contributed by atoms with Crippen molar-refractivity contribution in [2.75, 3.05) is 50.8 Å². The van der Waals surface area contributed by atoms with Crippen LogP contribution in [0.5, 0.6) is 0 Å². The average molecular weight is 332 g/mol. The van der Waals surface area contributed by atoms with E-state index in [4.69, 9.17) is 4.74 Å². The van der Waals surface area contributed by atoms with Crippen LogP contribution in [0, 0.1) is 0 Å². The van der Waals surface area contributed by atoms with Gasteiger partial charge in [-0.3, -0.25) is 14.6 Å². The number of nitrogens with one attached hydrogen (secondary N) is 1. The van der Waals surface area contributed by atoms with Gasteiger partial charge in [-0.05, 0) is 25.0 Å². The lowest BCUT2D eigenvalue weighted by atomic mass is 9.86. The molecule has 2 aliphatic heterocycles. The van der Waals surface area contributed by atoms with E-state index in [2.05, 4.69) is 15.2 Å². The molecule has 6 nitrogen and oxygen atoms in total. The molecule has 0 saturated carbocycles. The minimum atomic E-state index is -0.0112. The van der Waals surface area contributed by atoms with Crippen LogP contribution in [0.2, 0.25) is 0 Å². The lowest BCUT2D eigenvalue weighted by molar-refractivity contribution is -0.119. The maximum absolute atomic E-state index is 12.6. The first-order valence-electron chi connectivity index (χ1n) is 9.00. The summed E-state index contributed by atoms with van der Waals surface area (Å²) < 4.78 is 5.63. The first-order valence-corrected chi connectivity index (χ1v) is 9.00. The molecule has 0 atom stereocenters. The van der Waals surface area contributed by atoms with E-state index < -0.39 is 0 Å². The summed E-state index contributed by atoms with van der Waals surface area (Å²) in [7, 11) is 0. The van der Waals surface area contributed by atoms with E-state index in [0.717, 1.165) is 58.1 Å². The van der Waals surface area contributed by atoms with Crippen LogP contribution in [0.25, 0.3) is 0 Å². The maximum Gasteiger partial charge on any atom is 0.227 e. The number of hydrogen-bond acceptors (Lipinski definition) is 5. The summed E-state index contributed by atoms with van der Waals surface area (Å²) in [5.41, 5.74) is -0.0112. The molecule has 0 aliphatic carbocycles. The second-order valence-electron chi connectivity index (χ2n) is 6.60. The highest BCUT2D eigenvalue weighted by atomic mass is 16.5. The second-order valence-corrected chi connectivity index (χ2v) is 6.60. The maximum atomic E-state index is 12.6. The zero-order valence-corrected chi connectivity index (χ0v) is 14.5. The van der Waals surface area contributed by atoms with Gasteiger partial charge in [0.2, 0.25) is 5.91 Å². The highest BCUT2D eigenvalue weighted by Gasteiger charge is 2.41. The number of pyridine rings is 1. The van der Waals surface area contributed by atoms with E-state index in [1.807, 2.05) is 30.0 Å². The van der Waals surface area contributed by atoms with Crippen LogP contribution < -0.4 is 10.2 Å². The fraction of sp³-hybridized carbons (Fsp3) is 0.667. The van der Waals surface area contributed by atoms with E-state index in [0.29, 0.717) is 13.0 Å². The molecule has 1 N–H and O–H groups in total. The van der Waals surface area contributed by atoms with Gasteiger partial charge in [-0.25, -0.2) is 4.98 Å². The summed E-state index contributed by atoms with van der Waals surface area (Å²) in [6, 6.07) is 5.76. The summed E-state index contributed by atoms with van der Waals surface area (Å²) in [6.07, 6.45) is 4.18. The molecule has 24 heavy (non-hydrogen) atoms. The number of carbonyl (C=O) groups is 1. The molecule has 1 aromatic rings. The van der Waals surface area contributed by atoms with Crippen molar-refractivity contribution in [1.29, 1.82) is 0 Å². The van der Waals surface area contributed by atoms with Gasteiger partial charge in [0.25, 0.3) is 0 Å². The van der Waals surface area contributed by atoms with Gasteiger partial charge in [0, 0.05) is 64.1 Å². The van der Waals surface area contributed by atoms with Crippen molar-refractivity contribution in [1.82, 2.24) is 15.2 Å². The lowest BCUT2D eigenvalue weighted by Crippen LogP contribution is -2.63.